The fourth-order valence-corrected chi connectivity index (χ4v) is 1.98. The van der Waals surface area contributed by atoms with Gasteiger partial charge in [-0.2, -0.15) is 0 Å². The number of nitrogens with zero attached hydrogens (tertiary/aromatic N) is 1. The first kappa shape index (κ1) is 9.15. The SMILES string of the molecule is O=Cc1cnc(C2COc3ccccc32)[nH]1. The molecule has 1 N–H and O–H groups in total. The molecule has 1 atom stereocenters. The molecule has 2 aromatic rings. The van der Waals surface area contributed by atoms with Crippen LogP contribution in [-0.4, -0.2) is 22.9 Å². The molecule has 1 aromatic carbocycles. The zero-order valence-corrected chi connectivity index (χ0v) is 8.51. The van der Waals surface area contributed by atoms with Crippen molar-refractivity contribution in [2.24, 2.45) is 0 Å². The van der Waals surface area contributed by atoms with Gasteiger partial charge in [0.15, 0.2) is 6.29 Å². The Morgan fingerprint density at radius 1 is 1.44 bits per heavy atom. The zero-order valence-electron chi connectivity index (χ0n) is 8.51. The fraction of sp³-hybridized carbons (Fsp3) is 0.167. The average Bonchev–Trinajstić information content (AvgIpc) is 2.94. The number of H-pyrrole nitrogens is 1. The van der Waals surface area contributed by atoms with Gasteiger partial charge in [0.2, 0.25) is 0 Å². The highest BCUT2D eigenvalue weighted by molar-refractivity contribution is 5.71. The Morgan fingerprint density at radius 2 is 2.31 bits per heavy atom. The molecule has 16 heavy (non-hydrogen) atoms. The van der Waals surface area contributed by atoms with Gasteiger partial charge < -0.3 is 9.72 Å². The lowest BCUT2D eigenvalue weighted by Crippen LogP contribution is -2.04. The first-order valence-corrected chi connectivity index (χ1v) is 5.10. The first-order valence-electron chi connectivity index (χ1n) is 5.10. The summed E-state index contributed by atoms with van der Waals surface area (Å²) in [4.78, 5) is 17.8. The number of fused-ring (bicyclic) bond motifs is 1. The maximum Gasteiger partial charge on any atom is 0.167 e. The smallest absolute Gasteiger partial charge is 0.167 e. The van der Waals surface area contributed by atoms with Crippen molar-refractivity contribution in [2.45, 2.75) is 5.92 Å². The maximum absolute atomic E-state index is 10.6. The molecule has 80 valence electrons. The van der Waals surface area contributed by atoms with Gasteiger partial charge >= 0.3 is 0 Å². The number of hydrogen-bond acceptors (Lipinski definition) is 3. The van der Waals surface area contributed by atoms with Crippen LogP contribution >= 0.6 is 0 Å². The van der Waals surface area contributed by atoms with Gasteiger partial charge in [-0.1, -0.05) is 18.2 Å². The van der Waals surface area contributed by atoms with Crippen molar-refractivity contribution >= 4 is 6.29 Å². The molecule has 0 fully saturated rings. The van der Waals surface area contributed by atoms with E-state index in [2.05, 4.69) is 9.97 Å². The number of rotatable bonds is 2. The monoisotopic (exact) mass is 214 g/mol. The van der Waals surface area contributed by atoms with Crippen LogP contribution < -0.4 is 4.74 Å². The second-order valence-electron chi connectivity index (χ2n) is 3.74. The van der Waals surface area contributed by atoms with Gasteiger partial charge in [-0.15, -0.1) is 0 Å². The van der Waals surface area contributed by atoms with Crippen LogP contribution in [0.3, 0.4) is 0 Å². The lowest BCUT2D eigenvalue weighted by Gasteiger charge is -2.03. The molecule has 2 heterocycles. The molecule has 1 aromatic heterocycles. The molecule has 1 unspecified atom stereocenters. The second-order valence-corrected chi connectivity index (χ2v) is 3.74. The van der Waals surface area contributed by atoms with Crippen LogP contribution in [0, 0.1) is 0 Å². The van der Waals surface area contributed by atoms with Gasteiger partial charge in [-0.05, 0) is 6.07 Å². The van der Waals surface area contributed by atoms with Crippen LogP contribution in [0.25, 0.3) is 0 Å². The highest BCUT2D eigenvalue weighted by Gasteiger charge is 2.27. The Labute approximate surface area is 92.3 Å². The molecule has 0 amide bonds. The highest BCUT2D eigenvalue weighted by atomic mass is 16.5. The number of aldehydes is 1. The summed E-state index contributed by atoms with van der Waals surface area (Å²) in [5.74, 6) is 1.79. The summed E-state index contributed by atoms with van der Waals surface area (Å²) in [7, 11) is 0. The summed E-state index contributed by atoms with van der Waals surface area (Å²) in [6.07, 6.45) is 2.31. The van der Waals surface area contributed by atoms with Crippen molar-refractivity contribution in [1.29, 1.82) is 0 Å². The van der Waals surface area contributed by atoms with Crippen LogP contribution in [-0.2, 0) is 0 Å². The summed E-state index contributed by atoms with van der Waals surface area (Å²) < 4.78 is 5.56. The molecule has 1 aliphatic heterocycles. The third kappa shape index (κ3) is 1.31. The number of aromatic nitrogens is 2. The van der Waals surface area contributed by atoms with Crippen molar-refractivity contribution in [3.63, 3.8) is 0 Å². The number of para-hydroxylation sites is 1. The van der Waals surface area contributed by atoms with E-state index in [0.717, 1.165) is 23.4 Å². The summed E-state index contributed by atoms with van der Waals surface area (Å²) in [5, 5.41) is 0. The number of aromatic amines is 1. The minimum Gasteiger partial charge on any atom is -0.492 e. The Hall–Kier alpha value is -2.10. The molecule has 0 spiro atoms. The molecule has 3 rings (SSSR count). The van der Waals surface area contributed by atoms with Crippen molar-refractivity contribution < 1.29 is 9.53 Å². The molecule has 0 saturated carbocycles. The third-order valence-corrected chi connectivity index (χ3v) is 2.77. The second kappa shape index (κ2) is 3.48. The minimum absolute atomic E-state index is 0.102. The normalized spacial score (nSPS) is 17.9. The number of hydrogen-bond donors (Lipinski definition) is 1. The maximum atomic E-state index is 10.6. The van der Waals surface area contributed by atoms with Crippen molar-refractivity contribution in [2.75, 3.05) is 6.61 Å². The predicted octanol–water partition coefficient (Wildman–Crippen LogP) is 1.75. The van der Waals surface area contributed by atoms with E-state index >= 15 is 0 Å². The van der Waals surface area contributed by atoms with Gasteiger partial charge in [-0.25, -0.2) is 4.98 Å². The molecule has 1 aliphatic rings. The summed E-state index contributed by atoms with van der Waals surface area (Å²) >= 11 is 0. The number of ether oxygens (including phenoxy) is 1. The standard InChI is InChI=1S/C12H10N2O2/c15-6-8-5-13-12(14-8)10-7-16-11-4-2-1-3-9(10)11/h1-6,10H,7H2,(H,13,14). The molecule has 0 aliphatic carbocycles. The van der Waals surface area contributed by atoms with Crippen molar-refractivity contribution in [3.8, 4) is 5.75 Å². The van der Waals surface area contributed by atoms with E-state index < -0.39 is 0 Å². The van der Waals surface area contributed by atoms with Gasteiger partial charge in [0.25, 0.3) is 0 Å². The number of carbonyl (C=O) groups excluding carboxylic acids is 1. The molecular weight excluding hydrogens is 204 g/mol. The van der Waals surface area contributed by atoms with Crippen LogP contribution in [0.4, 0.5) is 0 Å². The molecule has 0 radical (unpaired) electrons. The largest absolute Gasteiger partial charge is 0.492 e. The first-order chi connectivity index (χ1) is 7.88. The quantitative estimate of drug-likeness (QED) is 0.775. The number of carbonyl (C=O) groups is 1. The van der Waals surface area contributed by atoms with E-state index in [9.17, 15) is 4.79 Å². The molecule has 4 nitrogen and oxygen atoms in total. The Kier molecular flexibility index (Phi) is 1.99. The molecular formula is C12H10N2O2. The van der Waals surface area contributed by atoms with Gasteiger partial charge in [0.05, 0.1) is 17.8 Å². The van der Waals surface area contributed by atoms with E-state index in [1.165, 1.54) is 0 Å². The van der Waals surface area contributed by atoms with E-state index in [1.54, 1.807) is 6.20 Å². The van der Waals surface area contributed by atoms with E-state index in [-0.39, 0.29) is 5.92 Å². The van der Waals surface area contributed by atoms with Crippen molar-refractivity contribution in [1.82, 2.24) is 9.97 Å². The molecule has 0 bridgehead atoms. The minimum atomic E-state index is 0.102. The Bertz CT molecular complexity index is 533. The summed E-state index contributed by atoms with van der Waals surface area (Å²) in [5.41, 5.74) is 1.62. The van der Waals surface area contributed by atoms with Crippen LogP contribution in [0.1, 0.15) is 27.8 Å². The average molecular weight is 214 g/mol. The molecule has 0 saturated heterocycles. The van der Waals surface area contributed by atoms with E-state index in [1.807, 2.05) is 24.3 Å². The lowest BCUT2D eigenvalue weighted by molar-refractivity contribution is 0.111. The van der Waals surface area contributed by atoms with E-state index in [4.69, 9.17) is 4.74 Å². The fourth-order valence-electron chi connectivity index (χ4n) is 1.98. The van der Waals surface area contributed by atoms with Gasteiger partial charge in [-0.3, -0.25) is 4.79 Å². The topological polar surface area (TPSA) is 55.0 Å². The summed E-state index contributed by atoms with van der Waals surface area (Å²) in [6, 6.07) is 7.89. The Balaban J connectivity index is 2.01. The number of imidazole rings is 1. The highest BCUT2D eigenvalue weighted by Crippen LogP contribution is 2.36. The third-order valence-electron chi connectivity index (χ3n) is 2.77. The Morgan fingerprint density at radius 3 is 3.12 bits per heavy atom. The zero-order chi connectivity index (χ0) is 11.0. The van der Waals surface area contributed by atoms with Crippen molar-refractivity contribution in [3.05, 3.63) is 47.5 Å². The van der Waals surface area contributed by atoms with Crippen LogP contribution in [0.15, 0.2) is 30.5 Å². The van der Waals surface area contributed by atoms with Gasteiger partial charge in [0.1, 0.15) is 18.2 Å². The van der Waals surface area contributed by atoms with Crippen LogP contribution in [0.2, 0.25) is 0 Å². The van der Waals surface area contributed by atoms with E-state index in [0.29, 0.717) is 12.3 Å². The van der Waals surface area contributed by atoms with Crippen LogP contribution in [0.5, 0.6) is 5.75 Å². The predicted molar refractivity (Wildman–Crippen MR) is 57.8 cm³/mol. The summed E-state index contributed by atoms with van der Waals surface area (Å²) in [6.45, 7) is 0.575. The van der Waals surface area contributed by atoms with Gasteiger partial charge in [0, 0.05) is 5.56 Å². The molecule has 4 heteroatoms. The lowest BCUT2D eigenvalue weighted by atomic mass is 10.0. The number of benzene rings is 1. The number of nitrogens with one attached hydrogen (secondary N) is 1.